The summed E-state index contributed by atoms with van der Waals surface area (Å²) in [5.41, 5.74) is 6.37. The van der Waals surface area contributed by atoms with Crippen molar-refractivity contribution in [3.63, 3.8) is 0 Å². The maximum Gasteiger partial charge on any atom is 0.349 e. The summed E-state index contributed by atoms with van der Waals surface area (Å²) in [5.74, 6) is 0.161. The SMILES string of the molecule is N=C(N)c1cccc(NC(=O)NC2(C3CCN(N(C4CCCCC4)S(=O)(=O)O)CC3)CCCCCC2)c1. The number of carbonyl (C=O) groups excluding carboxylic acids is 1. The van der Waals surface area contributed by atoms with Gasteiger partial charge in [0, 0.05) is 35.9 Å². The fraction of sp³-hybridized carbons (Fsp3) is 0.692. The van der Waals surface area contributed by atoms with Gasteiger partial charge in [0.2, 0.25) is 0 Å². The van der Waals surface area contributed by atoms with Crippen LogP contribution in [0.4, 0.5) is 10.5 Å². The number of amidine groups is 1. The van der Waals surface area contributed by atoms with Crippen molar-refractivity contribution in [2.75, 3.05) is 18.4 Å². The Balaban J connectivity index is 1.46. The predicted molar refractivity (Wildman–Crippen MR) is 145 cm³/mol. The van der Waals surface area contributed by atoms with Crippen molar-refractivity contribution in [2.45, 2.75) is 95.1 Å². The number of carbonyl (C=O) groups is 1. The first-order valence-corrected chi connectivity index (χ1v) is 15.1. The average molecular weight is 535 g/mol. The van der Waals surface area contributed by atoms with Crippen LogP contribution in [0.3, 0.4) is 0 Å². The maximum absolute atomic E-state index is 13.2. The normalized spacial score (nSPS) is 22.3. The van der Waals surface area contributed by atoms with Gasteiger partial charge in [-0.1, -0.05) is 57.1 Å². The Morgan fingerprint density at radius 1 is 1.03 bits per heavy atom. The number of anilines is 1. The number of urea groups is 1. The van der Waals surface area contributed by atoms with Crippen molar-refractivity contribution in [1.29, 1.82) is 5.41 Å². The highest BCUT2D eigenvalue weighted by Crippen LogP contribution is 2.40. The van der Waals surface area contributed by atoms with Crippen LogP contribution >= 0.6 is 0 Å². The highest BCUT2D eigenvalue weighted by molar-refractivity contribution is 7.83. The van der Waals surface area contributed by atoms with Crippen LogP contribution in [0.5, 0.6) is 0 Å². The van der Waals surface area contributed by atoms with E-state index < -0.39 is 10.3 Å². The number of amides is 2. The van der Waals surface area contributed by atoms with Crippen LogP contribution in [0.2, 0.25) is 0 Å². The lowest BCUT2D eigenvalue weighted by molar-refractivity contribution is -0.0359. The minimum atomic E-state index is -4.34. The van der Waals surface area contributed by atoms with Crippen molar-refractivity contribution >= 4 is 27.9 Å². The fourth-order valence-corrected chi connectivity index (χ4v) is 7.67. The molecule has 37 heavy (non-hydrogen) atoms. The standard InChI is InChI=1S/C26H42N6O4S/c27-24(28)20-9-8-10-22(19-20)29-25(33)30-26(15-6-1-2-7-16-26)21-13-17-31(18-14-21)32(37(34,35)36)23-11-4-3-5-12-23/h8-10,19,21,23H,1-7,11-18H2,(H3,27,28)(H2,29,30,33)(H,34,35,36). The lowest BCUT2D eigenvalue weighted by Crippen LogP contribution is -2.60. The summed E-state index contributed by atoms with van der Waals surface area (Å²) >= 11 is 0. The third kappa shape index (κ3) is 7.01. The van der Waals surface area contributed by atoms with Gasteiger partial charge in [0.1, 0.15) is 5.84 Å². The number of piperidine rings is 1. The van der Waals surface area contributed by atoms with E-state index in [1.54, 1.807) is 24.3 Å². The molecular weight excluding hydrogens is 492 g/mol. The third-order valence-corrected chi connectivity index (χ3v) is 9.45. The number of nitrogen functional groups attached to an aromatic ring is 1. The number of rotatable bonds is 7. The molecule has 0 radical (unpaired) electrons. The molecule has 2 amide bonds. The first kappa shape index (κ1) is 27.8. The van der Waals surface area contributed by atoms with E-state index in [2.05, 4.69) is 10.6 Å². The summed E-state index contributed by atoms with van der Waals surface area (Å²) in [5, 5.41) is 15.7. The smallest absolute Gasteiger partial charge is 0.349 e. The zero-order valence-electron chi connectivity index (χ0n) is 21.6. The van der Waals surface area contributed by atoms with Gasteiger partial charge in [-0.2, -0.15) is 8.42 Å². The van der Waals surface area contributed by atoms with E-state index in [-0.39, 0.29) is 29.4 Å². The molecule has 1 saturated heterocycles. The van der Waals surface area contributed by atoms with Crippen molar-refractivity contribution in [3.8, 4) is 0 Å². The van der Waals surface area contributed by atoms with E-state index in [1.807, 2.05) is 5.01 Å². The minimum absolute atomic E-state index is 0.0526. The molecule has 1 aromatic carbocycles. The number of nitrogens with two attached hydrogens (primary N) is 1. The van der Waals surface area contributed by atoms with Crippen LogP contribution in [0.15, 0.2) is 24.3 Å². The van der Waals surface area contributed by atoms with Crippen LogP contribution < -0.4 is 16.4 Å². The molecule has 6 N–H and O–H groups in total. The molecule has 206 valence electrons. The first-order valence-electron chi connectivity index (χ1n) is 13.7. The van der Waals surface area contributed by atoms with Gasteiger partial charge >= 0.3 is 16.3 Å². The van der Waals surface area contributed by atoms with Gasteiger partial charge in [-0.3, -0.25) is 9.96 Å². The molecule has 1 heterocycles. The second-order valence-corrected chi connectivity index (χ2v) is 12.2. The molecule has 4 rings (SSSR count). The molecular formula is C26H42N6O4S. The van der Waals surface area contributed by atoms with Gasteiger partial charge in [0.15, 0.2) is 0 Å². The Morgan fingerprint density at radius 3 is 2.24 bits per heavy atom. The second kappa shape index (κ2) is 12.1. The Bertz CT molecular complexity index is 1040. The van der Waals surface area contributed by atoms with Crippen LogP contribution in [0, 0.1) is 11.3 Å². The topological polar surface area (TPSA) is 152 Å². The molecule has 0 bridgehead atoms. The van der Waals surface area contributed by atoms with Gasteiger partial charge in [-0.15, -0.1) is 4.41 Å². The van der Waals surface area contributed by atoms with Gasteiger partial charge in [0.05, 0.1) is 0 Å². The molecule has 2 aliphatic carbocycles. The van der Waals surface area contributed by atoms with Crippen LogP contribution in [0.1, 0.15) is 89.0 Å². The molecule has 1 aliphatic heterocycles. The zero-order valence-corrected chi connectivity index (χ0v) is 22.4. The number of benzene rings is 1. The van der Waals surface area contributed by atoms with Gasteiger partial charge in [-0.25, -0.2) is 9.80 Å². The predicted octanol–water partition coefficient (Wildman–Crippen LogP) is 4.25. The van der Waals surface area contributed by atoms with Crippen molar-refractivity contribution in [3.05, 3.63) is 29.8 Å². The second-order valence-electron chi connectivity index (χ2n) is 10.9. The molecule has 0 aromatic heterocycles. The lowest BCUT2D eigenvalue weighted by atomic mass is 9.73. The summed E-state index contributed by atoms with van der Waals surface area (Å²) < 4.78 is 36.0. The lowest BCUT2D eigenvalue weighted by Gasteiger charge is -2.48. The molecule has 3 aliphatic rings. The van der Waals surface area contributed by atoms with Crippen LogP contribution in [-0.4, -0.2) is 58.9 Å². The summed E-state index contributed by atoms with van der Waals surface area (Å²) in [4.78, 5) is 13.2. The highest BCUT2D eigenvalue weighted by atomic mass is 32.2. The summed E-state index contributed by atoms with van der Waals surface area (Å²) in [7, 11) is -4.34. The van der Waals surface area contributed by atoms with Crippen molar-refractivity contribution in [2.24, 2.45) is 11.7 Å². The Hall–Kier alpha value is -2.21. The Kier molecular flexibility index (Phi) is 9.10. The van der Waals surface area contributed by atoms with Gasteiger partial charge in [0.25, 0.3) is 0 Å². The molecule has 0 unspecified atom stereocenters. The number of hydrogen-bond acceptors (Lipinski definition) is 5. The molecule has 10 nitrogen and oxygen atoms in total. The van der Waals surface area contributed by atoms with E-state index in [0.717, 1.165) is 83.5 Å². The number of hydrogen-bond donors (Lipinski definition) is 5. The first-order chi connectivity index (χ1) is 17.7. The van der Waals surface area contributed by atoms with Gasteiger partial charge < -0.3 is 16.4 Å². The number of nitrogens with zero attached hydrogens (tertiary/aromatic N) is 2. The van der Waals surface area contributed by atoms with Crippen molar-refractivity contribution < 1.29 is 17.8 Å². The molecule has 1 aromatic rings. The Labute approximate surface area is 220 Å². The molecule has 0 spiro atoms. The highest BCUT2D eigenvalue weighted by Gasteiger charge is 2.44. The van der Waals surface area contributed by atoms with E-state index >= 15 is 0 Å². The molecule has 11 heteroatoms. The Morgan fingerprint density at radius 2 is 1.65 bits per heavy atom. The van der Waals surface area contributed by atoms with E-state index in [4.69, 9.17) is 11.1 Å². The summed E-state index contributed by atoms with van der Waals surface area (Å²) in [6.07, 6.45) is 12.3. The molecule has 3 fully saturated rings. The van der Waals surface area contributed by atoms with Crippen LogP contribution in [-0.2, 0) is 10.3 Å². The number of nitrogens with one attached hydrogen (secondary N) is 3. The molecule has 2 saturated carbocycles. The van der Waals surface area contributed by atoms with Crippen molar-refractivity contribution in [1.82, 2.24) is 14.7 Å². The maximum atomic E-state index is 13.2. The zero-order chi connectivity index (χ0) is 26.5. The molecule has 0 atom stereocenters. The van der Waals surface area contributed by atoms with Crippen LogP contribution in [0.25, 0.3) is 0 Å². The quantitative estimate of drug-likeness (QED) is 0.153. The summed E-state index contributed by atoms with van der Waals surface area (Å²) in [6, 6.07) is 6.51. The summed E-state index contributed by atoms with van der Waals surface area (Å²) in [6.45, 7) is 1.07. The van der Waals surface area contributed by atoms with Gasteiger partial charge in [-0.05, 0) is 56.6 Å². The third-order valence-electron chi connectivity index (χ3n) is 8.44. The average Bonchev–Trinajstić information content (AvgIpc) is 3.11. The monoisotopic (exact) mass is 534 g/mol. The largest absolute Gasteiger partial charge is 0.384 e. The minimum Gasteiger partial charge on any atom is -0.384 e. The van der Waals surface area contributed by atoms with E-state index in [9.17, 15) is 17.8 Å². The van der Waals surface area contributed by atoms with E-state index in [1.165, 1.54) is 4.41 Å². The number of hydrazine groups is 1. The van der Waals surface area contributed by atoms with E-state index in [0.29, 0.717) is 24.3 Å². The fourth-order valence-electron chi connectivity index (χ4n) is 6.63.